The van der Waals surface area contributed by atoms with E-state index in [0.717, 1.165) is 23.0 Å². The molecule has 0 amide bonds. The molecule has 0 saturated carbocycles. The van der Waals surface area contributed by atoms with E-state index < -0.39 is 0 Å². The van der Waals surface area contributed by atoms with Gasteiger partial charge in [0, 0.05) is 10.5 Å². The van der Waals surface area contributed by atoms with E-state index >= 15 is 0 Å². The summed E-state index contributed by atoms with van der Waals surface area (Å²) < 4.78 is 14.5. The lowest BCUT2D eigenvalue weighted by Crippen LogP contribution is -2.24. The molecule has 0 fully saturated rings. The summed E-state index contributed by atoms with van der Waals surface area (Å²) in [5.41, 5.74) is 0.792. The van der Waals surface area contributed by atoms with Gasteiger partial charge >= 0.3 is 0 Å². The van der Waals surface area contributed by atoms with Crippen molar-refractivity contribution in [3.63, 3.8) is 0 Å². The van der Waals surface area contributed by atoms with Crippen LogP contribution in [-0.4, -0.2) is 12.6 Å². The zero-order valence-electron chi connectivity index (χ0n) is 10.1. The molecule has 1 nitrogen and oxygen atoms in total. The Balaban J connectivity index is 2.58. The van der Waals surface area contributed by atoms with Crippen LogP contribution < -0.4 is 5.32 Å². The van der Waals surface area contributed by atoms with Crippen molar-refractivity contribution in [2.45, 2.75) is 39.2 Å². The minimum Gasteiger partial charge on any atom is -0.315 e. The lowest BCUT2D eigenvalue weighted by atomic mass is 9.97. The van der Waals surface area contributed by atoms with Crippen molar-refractivity contribution in [3.05, 3.63) is 34.1 Å². The van der Waals surface area contributed by atoms with Gasteiger partial charge in [-0.1, -0.05) is 36.7 Å². The van der Waals surface area contributed by atoms with Crippen LogP contribution in [0.5, 0.6) is 0 Å². The van der Waals surface area contributed by atoms with Crippen molar-refractivity contribution in [3.8, 4) is 0 Å². The third-order valence-corrected chi connectivity index (χ3v) is 3.11. The highest BCUT2D eigenvalue weighted by Gasteiger charge is 2.11. The molecule has 0 aliphatic rings. The second-order valence-corrected chi connectivity index (χ2v) is 5.38. The van der Waals surface area contributed by atoms with Gasteiger partial charge < -0.3 is 5.32 Å². The van der Waals surface area contributed by atoms with Crippen molar-refractivity contribution < 1.29 is 4.39 Å². The van der Waals surface area contributed by atoms with Crippen LogP contribution in [0.3, 0.4) is 0 Å². The summed E-state index contributed by atoms with van der Waals surface area (Å²) in [6.45, 7) is 7.21. The van der Waals surface area contributed by atoms with Gasteiger partial charge in [0.25, 0.3) is 0 Å². The van der Waals surface area contributed by atoms with Gasteiger partial charge in [0.05, 0.1) is 0 Å². The number of hydrogen-bond acceptors (Lipinski definition) is 1. The van der Waals surface area contributed by atoms with Crippen LogP contribution in [0.4, 0.5) is 4.39 Å². The van der Waals surface area contributed by atoms with Crippen LogP contribution in [0.2, 0.25) is 0 Å². The maximum Gasteiger partial charge on any atom is 0.126 e. The molecule has 1 aromatic rings. The minimum absolute atomic E-state index is 0.111. The second-order valence-electron chi connectivity index (χ2n) is 4.46. The summed E-state index contributed by atoms with van der Waals surface area (Å²) in [6, 6.07) is 5.61. The molecule has 0 saturated heterocycles. The summed E-state index contributed by atoms with van der Waals surface area (Å²) in [5.74, 6) is 0.129. The second kappa shape index (κ2) is 6.36. The first-order chi connectivity index (χ1) is 7.50. The number of nitrogens with one attached hydrogen (secondary N) is 1. The van der Waals surface area contributed by atoms with Crippen molar-refractivity contribution in [2.24, 2.45) is 0 Å². The molecule has 1 atom stereocenters. The van der Waals surface area contributed by atoms with Crippen LogP contribution >= 0.6 is 15.9 Å². The fourth-order valence-corrected chi connectivity index (χ4v) is 2.02. The van der Waals surface area contributed by atoms with Gasteiger partial charge in [0.1, 0.15) is 5.82 Å². The Labute approximate surface area is 106 Å². The lowest BCUT2D eigenvalue weighted by Gasteiger charge is -2.15. The van der Waals surface area contributed by atoms with E-state index in [2.05, 4.69) is 42.0 Å². The number of benzene rings is 1. The molecule has 0 aromatic heterocycles. The van der Waals surface area contributed by atoms with Crippen LogP contribution in [0, 0.1) is 5.82 Å². The monoisotopic (exact) mass is 287 g/mol. The average molecular weight is 288 g/mol. The molecule has 0 aliphatic carbocycles. The molecule has 1 aromatic carbocycles. The van der Waals surface area contributed by atoms with Gasteiger partial charge in [0.15, 0.2) is 0 Å². The lowest BCUT2D eigenvalue weighted by molar-refractivity contribution is 0.523. The summed E-state index contributed by atoms with van der Waals surface area (Å²) in [4.78, 5) is 0. The van der Waals surface area contributed by atoms with Crippen molar-refractivity contribution in [2.75, 3.05) is 6.54 Å². The first-order valence-corrected chi connectivity index (χ1v) is 6.48. The van der Waals surface area contributed by atoms with Gasteiger partial charge in [-0.05, 0) is 42.6 Å². The standard InChI is InChI=1S/C13H19BrFN/c1-9(2)16-7-6-10(3)12-8-11(14)4-5-13(12)15/h4-5,8-10,16H,6-7H2,1-3H3. The van der Waals surface area contributed by atoms with E-state index in [1.165, 1.54) is 6.07 Å². The Morgan fingerprint density at radius 1 is 1.31 bits per heavy atom. The van der Waals surface area contributed by atoms with E-state index in [0.29, 0.717) is 6.04 Å². The third-order valence-electron chi connectivity index (χ3n) is 2.62. The highest BCUT2D eigenvalue weighted by Crippen LogP contribution is 2.25. The summed E-state index contributed by atoms with van der Waals surface area (Å²) in [6.07, 6.45) is 0.950. The van der Waals surface area contributed by atoms with E-state index in [1.807, 2.05) is 6.07 Å². The van der Waals surface area contributed by atoms with Gasteiger partial charge in [-0.25, -0.2) is 4.39 Å². The van der Waals surface area contributed by atoms with Gasteiger partial charge in [-0.3, -0.25) is 0 Å². The Kier molecular flexibility index (Phi) is 5.42. The SMILES string of the molecule is CC(C)NCCC(C)c1cc(Br)ccc1F. The summed E-state index contributed by atoms with van der Waals surface area (Å²) in [7, 11) is 0. The van der Waals surface area contributed by atoms with Crippen LogP contribution in [-0.2, 0) is 0 Å². The molecule has 1 rings (SSSR count). The number of halogens is 2. The first kappa shape index (κ1) is 13.7. The van der Waals surface area contributed by atoms with Gasteiger partial charge in [-0.15, -0.1) is 0 Å². The average Bonchev–Trinajstić information content (AvgIpc) is 2.21. The molecule has 16 heavy (non-hydrogen) atoms. The van der Waals surface area contributed by atoms with Crippen LogP contribution in [0.15, 0.2) is 22.7 Å². The van der Waals surface area contributed by atoms with Crippen molar-refractivity contribution >= 4 is 15.9 Å². The van der Waals surface area contributed by atoms with E-state index in [1.54, 1.807) is 6.07 Å². The third kappa shape index (κ3) is 4.22. The smallest absolute Gasteiger partial charge is 0.126 e. The summed E-state index contributed by atoms with van der Waals surface area (Å²) in [5, 5.41) is 3.35. The fraction of sp³-hybridized carbons (Fsp3) is 0.538. The van der Waals surface area contributed by atoms with Crippen molar-refractivity contribution in [1.29, 1.82) is 0 Å². The first-order valence-electron chi connectivity index (χ1n) is 5.69. The largest absolute Gasteiger partial charge is 0.315 e. The molecule has 0 bridgehead atoms. The molecule has 90 valence electrons. The summed E-state index contributed by atoms with van der Waals surface area (Å²) >= 11 is 3.37. The maximum atomic E-state index is 13.6. The minimum atomic E-state index is -0.111. The fourth-order valence-electron chi connectivity index (χ4n) is 1.64. The molecule has 0 heterocycles. The topological polar surface area (TPSA) is 12.0 Å². The van der Waals surface area contributed by atoms with E-state index in [4.69, 9.17) is 0 Å². The normalized spacial score (nSPS) is 13.1. The molecule has 1 unspecified atom stereocenters. The Morgan fingerprint density at radius 3 is 2.62 bits per heavy atom. The van der Waals surface area contributed by atoms with Crippen LogP contribution in [0.25, 0.3) is 0 Å². The zero-order valence-corrected chi connectivity index (χ0v) is 11.6. The molecule has 1 N–H and O–H groups in total. The molecule has 0 radical (unpaired) electrons. The Hall–Kier alpha value is -0.410. The molecular formula is C13H19BrFN. The molecule has 0 aliphatic heterocycles. The Morgan fingerprint density at radius 2 is 2.00 bits per heavy atom. The predicted molar refractivity (Wildman–Crippen MR) is 70.3 cm³/mol. The quantitative estimate of drug-likeness (QED) is 0.861. The number of hydrogen-bond donors (Lipinski definition) is 1. The number of rotatable bonds is 5. The van der Waals surface area contributed by atoms with Crippen LogP contribution in [0.1, 0.15) is 38.7 Å². The maximum absolute atomic E-state index is 13.6. The van der Waals surface area contributed by atoms with Crippen molar-refractivity contribution in [1.82, 2.24) is 5.32 Å². The molecule has 0 spiro atoms. The highest BCUT2D eigenvalue weighted by atomic mass is 79.9. The Bertz CT molecular complexity index is 339. The zero-order chi connectivity index (χ0) is 12.1. The molecular weight excluding hydrogens is 269 g/mol. The van der Waals surface area contributed by atoms with E-state index in [9.17, 15) is 4.39 Å². The van der Waals surface area contributed by atoms with Gasteiger partial charge in [0.2, 0.25) is 0 Å². The molecule has 3 heteroatoms. The van der Waals surface area contributed by atoms with E-state index in [-0.39, 0.29) is 11.7 Å². The predicted octanol–water partition coefficient (Wildman–Crippen LogP) is 4.08. The van der Waals surface area contributed by atoms with Gasteiger partial charge in [-0.2, -0.15) is 0 Å². The highest BCUT2D eigenvalue weighted by molar-refractivity contribution is 9.10.